The van der Waals surface area contributed by atoms with Crippen LogP contribution in [-0.2, 0) is 44.3 Å². The summed E-state index contributed by atoms with van der Waals surface area (Å²) >= 11 is 0. The Bertz CT molecular complexity index is 1160. The van der Waals surface area contributed by atoms with Crippen LogP contribution in [0.15, 0.2) is 0 Å². The Kier molecular flexibility index (Phi) is 7.38. The number of carbonyl (C=O) groups is 1. The molecule has 31 heavy (non-hydrogen) atoms. The number of hydrogen-bond donors (Lipinski definition) is 1. The predicted molar refractivity (Wildman–Crippen MR) is 89.2 cm³/mol. The van der Waals surface area contributed by atoms with E-state index in [1.54, 1.807) is 0 Å². The highest BCUT2D eigenvalue weighted by Gasteiger charge is 2.75. The van der Waals surface area contributed by atoms with Gasteiger partial charge in [0.2, 0.25) is 0 Å². The highest BCUT2D eigenvalue weighted by atomic mass is 32.3. The van der Waals surface area contributed by atoms with E-state index in [-0.39, 0.29) is 6.26 Å². The van der Waals surface area contributed by atoms with E-state index in [1.807, 2.05) is 0 Å². The molecule has 0 aliphatic heterocycles. The number of halogens is 7. The summed E-state index contributed by atoms with van der Waals surface area (Å²) < 4.78 is 179. The molecule has 1 amide bonds. The summed E-state index contributed by atoms with van der Waals surface area (Å²) in [4.78, 5) is 11.2. The van der Waals surface area contributed by atoms with Gasteiger partial charge in [0.05, 0.1) is 4.75 Å². The molecule has 1 atom stereocenters. The van der Waals surface area contributed by atoms with Crippen molar-refractivity contribution in [1.29, 1.82) is 0 Å². The lowest BCUT2D eigenvalue weighted by atomic mass is 10.3. The number of alkyl halides is 7. The van der Waals surface area contributed by atoms with E-state index < -0.39 is 75.5 Å². The van der Waals surface area contributed by atoms with Crippen LogP contribution in [0.2, 0.25) is 0 Å². The van der Waals surface area contributed by atoms with Gasteiger partial charge in [0.15, 0.2) is 19.7 Å². The van der Waals surface area contributed by atoms with E-state index in [1.165, 1.54) is 0 Å². The summed E-state index contributed by atoms with van der Waals surface area (Å²) in [5.41, 5.74) is -6.47. The van der Waals surface area contributed by atoms with Gasteiger partial charge in [0.25, 0.3) is 13.8 Å². The molecule has 1 unspecified atom stereocenters. The lowest BCUT2D eigenvalue weighted by Gasteiger charge is -2.31. The lowest BCUT2D eigenvalue weighted by Crippen LogP contribution is -2.62. The maximum atomic E-state index is 14.2. The standard InChI is InChI=1S/C10H14F7NO9S4/c1-7(2,3)29(22,23)6(28(4,20)21)30(24,25)9(13,14)8(11,12)5(19)18-31(26,27)10(15,16)17/h6H,1-4H3,(H,18,19). The molecule has 0 radical (unpaired) electrons. The van der Waals surface area contributed by atoms with Crippen molar-refractivity contribution in [3.05, 3.63) is 0 Å². The molecule has 0 aliphatic rings. The molecule has 0 fully saturated rings. The molecular formula is C10H14F7NO9S4. The molecule has 0 spiro atoms. The van der Waals surface area contributed by atoms with Gasteiger partial charge in [-0.15, -0.1) is 0 Å². The molecule has 0 heterocycles. The zero-order chi connectivity index (χ0) is 25.9. The molecule has 0 aromatic rings. The third-order valence-corrected chi connectivity index (χ3v) is 13.8. The Morgan fingerprint density at radius 3 is 1.35 bits per heavy atom. The first kappa shape index (κ1) is 29.8. The number of sulfonamides is 1. The van der Waals surface area contributed by atoms with Crippen LogP contribution in [0.4, 0.5) is 30.7 Å². The van der Waals surface area contributed by atoms with Crippen molar-refractivity contribution < 1.29 is 69.2 Å². The fourth-order valence-corrected chi connectivity index (χ4v) is 10.8. The molecular weight excluding hydrogens is 539 g/mol. The van der Waals surface area contributed by atoms with Crippen molar-refractivity contribution in [3.8, 4) is 0 Å². The Morgan fingerprint density at radius 2 is 1.10 bits per heavy atom. The topological polar surface area (TPSA) is 166 Å². The molecule has 10 nitrogen and oxygen atoms in total. The third kappa shape index (κ3) is 5.07. The van der Waals surface area contributed by atoms with Gasteiger partial charge in [-0.2, -0.15) is 39.2 Å². The smallest absolute Gasteiger partial charge is 0.267 e. The zero-order valence-corrected chi connectivity index (χ0v) is 18.8. The lowest BCUT2D eigenvalue weighted by molar-refractivity contribution is -0.179. The fourth-order valence-electron chi connectivity index (χ4n) is 1.59. The normalized spacial score (nSPS) is 16.6. The van der Waals surface area contributed by atoms with Crippen molar-refractivity contribution in [2.45, 2.75) is 46.1 Å². The van der Waals surface area contributed by atoms with Crippen molar-refractivity contribution in [2.75, 3.05) is 6.26 Å². The van der Waals surface area contributed by atoms with Gasteiger partial charge < -0.3 is 0 Å². The third-order valence-electron chi connectivity index (χ3n) is 3.25. The molecule has 0 saturated carbocycles. The minimum absolute atomic E-state index is 0.235. The van der Waals surface area contributed by atoms with Crippen molar-refractivity contribution >= 4 is 45.4 Å². The molecule has 0 bridgehead atoms. The fraction of sp³-hybridized carbons (Fsp3) is 0.900. The highest BCUT2D eigenvalue weighted by Crippen LogP contribution is 2.44. The summed E-state index contributed by atoms with van der Waals surface area (Å²) in [6, 6.07) is 0. The summed E-state index contributed by atoms with van der Waals surface area (Å²) in [6.45, 7) is 1.82. The summed E-state index contributed by atoms with van der Waals surface area (Å²) in [5.74, 6) is -10.9. The Balaban J connectivity index is 6.92. The SMILES string of the molecule is CC(C)(C)S(=O)(=O)C(S(C)(=O)=O)S(=O)(=O)C(F)(F)C(F)(F)C(=O)NS(=O)(=O)C(F)(F)F. The largest absolute Gasteiger partial charge is 0.516 e. The molecule has 1 N–H and O–H groups in total. The van der Waals surface area contributed by atoms with Gasteiger partial charge in [-0.05, 0) is 20.8 Å². The van der Waals surface area contributed by atoms with E-state index in [0.717, 1.165) is 0 Å². The van der Waals surface area contributed by atoms with Crippen molar-refractivity contribution in [3.63, 3.8) is 0 Å². The molecule has 21 heteroatoms. The van der Waals surface area contributed by atoms with Gasteiger partial charge >= 0.3 is 32.6 Å². The van der Waals surface area contributed by atoms with Crippen LogP contribution in [0, 0.1) is 0 Å². The first-order chi connectivity index (χ1) is 13.0. The van der Waals surface area contributed by atoms with E-state index in [9.17, 15) is 69.2 Å². The number of hydrogen-bond acceptors (Lipinski definition) is 9. The first-order valence-electron chi connectivity index (χ1n) is 7.04. The molecule has 0 rings (SSSR count). The molecule has 0 aliphatic carbocycles. The van der Waals surface area contributed by atoms with E-state index >= 15 is 0 Å². The minimum atomic E-state index is -7.49. The van der Waals surface area contributed by atoms with E-state index in [2.05, 4.69) is 0 Å². The molecule has 186 valence electrons. The summed E-state index contributed by atoms with van der Waals surface area (Å²) in [5, 5.41) is -7.00. The minimum Gasteiger partial charge on any atom is -0.267 e. The number of amides is 1. The number of carbonyl (C=O) groups excluding carboxylic acids is 1. The zero-order valence-electron chi connectivity index (χ0n) is 15.5. The van der Waals surface area contributed by atoms with Crippen LogP contribution in [0.5, 0.6) is 0 Å². The summed E-state index contributed by atoms with van der Waals surface area (Å²) in [7, 11) is -26.0. The van der Waals surface area contributed by atoms with Gasteiger partial charge in [0.1, 0.15) is 0 Å². The maximum absolute atomic E-state index is 14.2. The van der Waals surface area contributed by atoms with E-state index in [4.69, 9.17) is 0 Å². The van der Waals surface area contributed by atoms with Gasteiger partial charge in [-0.1, -0.05) is 0 Å². The second kappa shape index (κ2) is 7.68. The van der Waals surface area contributed by atoms with Crippen LogP contribution >= 0.6 is 0 Å². The van der Waals surface area contributed by atoms with Crippen LogP contribution in [-0.4, -0.2) is 71.2 Å². The Labute approximate surface area is 172 Å². The van der Waals surface area contributed by atoms with Crippen LogP contribution in [0.25, 0.3) is 0 Å². The average molecular weight is 553 g/mol. The molecule has 0 saturated heterocycles. The Hall–Kier alpha value is -1.22. The van der Waals surface area contributed by atoms with Crippen LogP contribution in [0.3, 0.4) is 0 Å². The summed E-state index contributed by atoms with van der Waals surface area (Å²) in [6.07, 6.45) is -0.235. The number of nitrogens with one attached hydrogen (secondary N) is 1. The predicted octanol–water partition coefficient (Wildman–Crippen LogP) is 0.137. The quantitative estimate of drug-likeness (QED) is 0.432. The highest BCUT2D eigenvalue weighted by molar-refractivity contribution is 8.24. The Morgan fingerprint density at radius 1 is 0.742 bits per heavy atom. The second-order valence-corrected chi connectivity index (χ2v) is 16.4. The first-order valence-corrected chi connectivity index (χ1v) is 13.6. The molecule has 0 aromatic carbocycles. The van der Waals surface area contributed by atoms with Crippen molar-refractivity contribution in [2.24, 2.45) is 0 Å². The van der Waals surface area contributed by atoms with E-state index in [0.29, 0.717) is 20.8 Å². The number of sulfone groups is 3. The van der Waals surface area contributed by atoms with Gasteiger partial charge in [-0.25, -0.2) is 30.0 Å². The number of rotatable bonds is 7. The second-order valence-electron chi connectivity index (χ2n) is 6.79. The molecule has 0 aromatic heterocycles. The van der Waals surface area contributed by atoms with Gasteiger partial charge in [-0.3, -0.25) is 4.79 Å². The average Bonchev–Trinajstić information content (AvgIpc) is 2.41. The monoisotopic (exact) mass is 553 g/mol. The van der Waals surface area contributed by atoms with Gasteiger partial charge in [0, 0.05) is 6.26 Å². The van der Waals surface area contributed by atoms with Crippen molar-refractivity contribution in [1.82, 2.24) is 4.72 Å². The van der Waals surface area contributed by atoms with Crippen LogP contribution in [0.1, 0.15) is 20.8 Å². The maximum Gasteiger partial charge on any atom is 0.516 e. The van der Waals surface area contributed by atoms with Crippen LogP contribution < -0.4 is 4.72 Å².